The molecule has 3 heteroatoms. The van der Waals surface area contributed by atoms with Crippen molar-refractivity contribution in [2.75, 3.05) is 24.7 Å². The van der Waals surface area contributed by atoms with E-state index in [0.29, 0.717) is 12.5 Å². The second kappa shape index (κ2) is 7.41. The molecule has 1 N–H and O–H groups in total. The molecular formula is C16H20O2S. The highest BCUT2D eigenvalue weighted by atomic mass is 32.2. The van der Waals surface area contributed by atoms with Gasteiger partial charge in [0.05, 0.1) is 6.61 Å². The summed E-state index contributed by atoms with van der Waals surface area (Å²) in [4.78, 5) is 0. The molecule has 2 aromatic carbocycles. The summed E-state index contributed by atoms with van der Waals surface area (Å²) >= 11 is 1.82. The molecule has 0 aromatic heterocycles. The number of aliphatic hydroxyl groups excluding tert-OH is 1. The van der Waals surface area contributed by atoms with E-state index in [2.05, 4.69) is 31.2 Å². The van der Waals surface area contributed by atoms with Gasteiger partial charge in [-0.3, -0.25) is 0 Å². The Morgan fingerprint density at radius 1 is 1.16 bits per heavy atom. The first-order chi connectivity index (χ1) is 9.29. The molecule has 2 aromatic rings. The van der Waals surface area contributed by atoms with Crippen molar-refractivity contribution < 1.29 is 9.84 Å². The second-order valence-corrected chi connectivity index (χ2v) is 5.87. The molecule has 0 aliphatic rings. The maximum atomic E-state index is 8.93. The van der Waals surface area contributed by atoms with E-state index in [-0.39, 0.29) is 6.61 Å². The average Bonchev–Trinajstić information content (AvgIpc) is 2.46. The second-order valence-electron chi connectivity index (χ2n) is 4.72. The number of benzene rings is 2. The third kappa shape index (κ3) is 4.44. The van der Waals surface area contributed by atoms with Crippen LogP contribution in [0.2, 0.25) is 0 Å². The Hall–Kier alpha value is -1.19. The number of aliphatic hydroxyl groups is 1. The van der Waals surface area contributed by atoms with Gasteiger partial charge in [0.25, 0.3) is 0 Å². The number of hydrogen-bond acceptors (Lipinski definition) is 3. The Labute approximate surface area is 118 Å². The minimum atomic E-state index is 0.262. The van der Waals surface area contributed by atoms with Crippen LogP contribution in [0.5, 0.6) is 5.75 Å². The first kappa shape index (κ1) is 14.2. The normalized spacial score (nSPS) is 12.5. The largest absolute Gasteiger partial charge is 0.493 e. The maximum Gasteiger partial charge on any atom is 0.119 e. The van der Waals surface area contributed by atoms with Crippen molar-refractivity contribution in [1.29, 1.82) is 0 Å². The van der Waals surface area contributed by atoms with Crippen LogP contribution in [0.4, 0.5) is 0 Å². The molecule has 0 spiro atoms. The van der Waals surface area contributed by atoms with Crippen LogP contribution in [0.3, 0.4) is 0 Å². The highest BCUT2D eigenvalue weighted by molar-refractivity contribution is 7.99. The molecule has 0 heterocycles. The molecule has 102 valence electrons. The lowest BCUT2D eigenvalue weighted by atomic mass is 10.1. The third-order valence-corrected chi connectivity index (χ3v) is 4.19. The monoisotopic (exact) mass is 276 g/mol. The van der Waals surface area contributed by atoms with Gasteiger partial charge in [-0.1, -0.05) is 37.3 Å². The molecule has 1 unspecified atom stereocenters. The highest BCUT2D eigenvalue weighted by Crippen LogP contribution is 2.20. The lowest BCUT2D eigenvalue weighted by Gasteiger charge is -2.09. The third-order valence-electron chi connectivity index (χ3n) is 2.93. The fourth-order valence-electron chi connectivity index (χ4n) is 1.81. The van der Waals surface area contributed by atoms with Crippen LogP contribution in [-0.4, -0.2) is 29.8 Å². The van der Waals surface area contributed by atoms with Crippen LogP contribution in [0, 0.1) is 5.92 Å². The topological polar surface area (TPSA) is 29.5 Å². The van der Waals surface area contributed by atoms with Gasteiger partial charge in [-0.05, 0) is 34.6 Å². The van der Waals surface area contributed by atoms with Crippen LogP contribution >= 0.6 is 11.8 Å². The summed E-state index contributed by atoms with van der Waals surface area (Å²) in [7, 11) is 0. The van der Waals surface area contributed by atoms with E-state index in [4.69, 9.17) is 9.84 Å². The van der Waals surface area contributed by atoms with E-state index in [9.17, 15) is 0 Å². The molecular weight excluding hydrogens is 256 g/mol. The van der Waals surface area contributed by atoms with Crippen LogP contribution in [0.25, 0.3) is 10.8 Å². The van der Waals surface area contributed by atoms with E-state index in [1.165, 1.54) is 10.8 Å². The Bertz CT molecular complexity index is 513. The molecule has 19 heavy (non-hydrogen) atoms. The van der Waals surface area contributed by atoms with E-state index in [1.54, 1.807) is 0 Å². The SMILES string of the molecule is CC(CO)CSCCOc1ccc2ccccc2c1. The van der Waals surface area contributed by atoms with E-state index in [1.807, 2.05) is 30.0 Å². The molecule has 0 radical (unpaired) electrons. The standard InChI is InChI=1S/C16H20O2S/c1-13(11-17)12-19-9-8-18-16-7-6-14-4-2-3-5-15(14)10-16/h2-7,10,13,17H,8-9,11-12H2,1H3. The summed E-state index contributed by atoms with van der Waals surface area (Å²) in [5, 5.41) is 11.4. The van der Waals surface area contributed by atoms with Crippen LogP contribution in [0.1, 0.15) is 6.92 Å². The van der Waals surface area contributed by atoms with E-state index in [0.717, 1.165) is 17.3 Å². The molecule has 0 saturated carbocycles. The van der Waals surface area contributed by atoms with Gasteiger partial charge in [-0.25, -0.2) is 0 Å². The van der Waals surface area contributed by atoms with Crippen molar-refractivity contribution in [3.05, 3.63) is 42.5 Å². The van der Waals surface area contributed by atoms with E-state index >= 15 is 0 Å². The fourth-order valence-corrected chi connectivity index (χ4v) is 2.69. The highest BCUT2D eigenvalue weighted by Gasteiger charge is 2.00. The maximum absolute atomic E-state index is 8.93. The zero-order chi connectivity index (χ0) is 13.5. The van der Waals surface area contributed by atoms with Crippen LogP contribution in [0.15, 0.2) is 42.5 Å². The van der Waals surface area contributed by atoms with Crippen molar-refractivity contribution in [3.63, 3.8) is 0 Å². The minimum absolute atomic E-state index is 0.262. The van der Waals surface area contributed by atoms with Gasteiger partial charge in [0.1, 0.15) is 5.75 Å². The smallest absolute Gasteiger partial charge is 0.119 e. The summed E-state index contributed by atoms with van der Waals surface area (Å²) in [6.45, 7) is 3.02. The zero-order valence-corrected chi connectivity index (χ0v) is 12.0. The van der Waals surface area contributed by atoms with Crippen molar-refractivity contribution in [1.82, 2.24) is 0 Å². The molecule has 2 nitrogen and oxygen atoms in total. The van der Waals surface area contributed by atoms with Crippen LogP contribution in [-0.2, 0) is 0 Å². The van der Waals surface area contributed by atoms with Gasteiger partial charge in [0.15, 0.2) is 0 Å². The predicted octanol–water partition coefficient (Wildman–Crippen LogP) is 3.58. The van der Waals surface area contributed by atoms with E-state index < -0.39 is 0 Å². The summed E-state index contributed by atoms with van der Waals surface area (Å²) in [5.41, 5.74) is 0. The molecule has 1 atom stereocenters. The van der Waals surface area contributed by atoms with Crippen molar-refractivity contribution in [2.45, 2.75) is 6.92 Å². The van der Waals surface area contributed by atoms with Gasteiger partial charge in [0, 0.05) is 12.4 Å². The quantitative estimate of drug-likeness (QED) is 0.784. The summed E-state index contributed by atoms with van der Waals surface area (Å²) in [5.74, 6) is 3.23. The number of ether oxygens (including phenoxy) is 1. The van der Waals surface area contributed by atoms with Crippen LogP contribution < -0.4 is 4.74 Å². The predicted molar refractivity (Wildman–Crippen MR) is 83.0 cm³/mol. The van der Waals surface area contributed by atoms with Gasteiger partial charge < -0.3 is 9.84 Å². The summed E-state index contributed by atoms with van der Waals surface area (Å²) in [6, 6.07) is 14.5. The Balaban J connectivity index is 1.78. The molecule has 0 bridgehead atoms. The fraction of sp³-hybridized carbons (Fsp3) is 0.375. The minimum Gasteiger partial charge on any atom is -0.493 e. The Morgan fingerprint density at radius 3 is 2.74 bits per heavy atom. The van der Waals surface area contributed by atoms with Crippen molar-refractivity contribution >= 4 is 22.5 Å². The number of thioether (sulfide) groups is 1. The summed E-state index contributed by atoms with van der Waals surface area (Å²) < 4.78 is 5.75. The van der Waals surface area contributed by atoms with Gasteiger partial charge >= 0.3 is 0 Å². The van der Waals surface area contributed by atoms with Crippen molar-refractivity contribution in [2.24, 2.45) is 5.92 Å². The molecule has 2 rings (SSSR count). The summed E-state index contributed by atoms with van der Waals surface area (Å²) in [6.07, 6.45) is 0. The Morgan fingerprint density at radius 2 is 1.95 bits per heavy atom. The van der Waals surface area contributed by atoms with Crippen molar-refractivity contribution in [3.8, 4) is 5.75 Å². The molecule has 0 saturated heterocycles. The average molecular weight is 276 g/mol. The first-order valence-electron chi connectivity index (χ1n) is 6.60. The zero-order valence-electron chi connectivity index (χ0n) is 11.2. The molecule has 0 aliphatic heterocycles. The van der Waals surface area contributed by atoms with Gasteiger partial charge in [-0.2, -0.15) is 11.8 Å². The molecule has 0 amide bonds. The molecule has 0 aliphatic carbocycles. The lowest BCUT2D eigenvalue weighted by Crippen LogP contribution is -2.06. The first-order valence-corrected chi connectivity index (χ1v) is 7.75. The van der Waals surface area contributed by atoms with Gasteiger partial charge in [0.2, 0.25) is 0 Å². The molecule has 0 fully saturated rings. The van der Waals surface area contributed by atoms with Gasteiger partial charge in [-0.15, -0.1) is 0 Å². The number of fused-ring (bicyclic) bond motifs is 1. The number of rotatable bonds is 7. The Kier molecular flexibility index (Phi) is 5.55. The number of hydrogen-bond donors (Lipinski definition) is 1. The lowest BCUT2D eigenvalue weighted by molar-refractivity contribution is 0.250.